The Labute approximate surface area is 90.0 Å². The molecule has 7 heteroatoms. The highest BCUT2D eigenvalue weighted by molar-refractivity contribution is 7.80. The van der Waals surface area contributed by atoms with Gasteiger partial charge in [0.25, 0.3) is 0 Å². The lowest BCUT2D eigenvalue weighted by molar-refractivity contribution is -0.320. The van der Waals surface area contributed by atoms with Crippen molar-refractivity contribution in [3.8, 4) is 0 Å². The van der Waals surface area contributed by atoms with Gasteiger partial charge in [-0.05, 0) is 13.3 Å². The number of nitro groups is 1. The van der Waals surface area contributed by atoms with Crippen LogP contribution in [0.15, 0.2) is 0 Å². The fourth-order valence-corrected chi connectivity index (χ4v) is 1.73. The van der Waals surface area contributed by atoms with E-state index >= 15 is 0 Å². The molecule has 6 nitrogen and oxygen atoms in total. The van der Waals surface area contributed by atoms with Gasteiger partial charge in [-0.2, -0.15) is 0 Å². The smallest absolute Gasteiger partial charge is 0.245 e. The van der Waals surface area contributed by atoms with Gasteiger partial charge in [-0.1, -0.05) is 32.6 Å². The van der Waals surface area contributed by atoms with Crippen molar-refractivity contribution in [1.29, 1.82) is 0 Å². The van der Waals surface area contributed by atoms with Gasteiger partial charge in [-0.25, -0.2) is 14.3 Å². The quantitative estimate of drug-likeness (QED) is 0.366. The van der Waals surface area contributed by atoms with Gasteiger partial charge in [0, 0.05) is 0 Å². The Morgan fingerprint density at radius 3 is 2.40 bits per heavy atom. The summed E-state index contributed by atoms with van der Waals surface area (Å²) in [6.07, 6.45) is 3.87. The van der Waals surface area contributed by atoms with E-state index in [0.717, 1.165) is 25.7 Å². The summed E-state index contributed by atoms with van der Waals surface area (Å²) in [5.74, 6) is 0. The van der Waals surface area contributed by atoms with E-state index in [1.165, 1.54) is 6.92 Å². The first-order valence-electron chi connectivity index (χ1n) is 4.98. The van der Waals surface area contributed by atoms with Gasteiger partial charge in [0.05, 0.1) is 6.10 Å². The molecular weight excluding hydrogens is 222 g/mol. The summed E-state index contributed by atoms with van der Waals surface area (Å²) < 4.78 is 24.4. The van der Waals surface area contributed by atoms with Crippen LogP contribution in [0.4, 0.5) is 0 Å². The summed E-state index contributed by atoms with van der Waals surface area (Å²) in [7, 11) is -4.62. The lowest BCUT2D eigenvalue weighted by Crippen LogP contribution is -2.21. The van der Waals surface area contributed by atoms with Crippen molar-refractivity contribution < 1.29 is 16.9 Å². The summed E-state index contributed by atoms with van der Waals surface area (Å²) in [5, 5.41) is 10.0. The highest BCUT2D eigenvalue weighted by Gasteiger charge is 2.27. The SMILES string of the molecule is CCCCCCC(C)OS(=O)(=O)[N+](=O)[O-]. The first-order valence-corrected chi connectivity index (χ1v) is 6.34. The normalized spacial score (nSPS) is 13.7. The molecule has 0 aromatic rings. The molecular formula is C8H17NO5S. The van der Waals surface area contributed by atoms with E-state index in [1.54, 1.807) is 0 Å². The minimum atomic E-state index is -4.62. The number of unbranched alkanes of at least 4 members (excludes halogenated alkanes) is 3. The number of hydrogen-bond donors (Lipinski definition) is 0. The molecule has 0 aromatic heterocycles. The fourth-order valence-electron chi connectivity index (χ4n) is 1.15. The van der Waals surface area contributed by atoms with Crippen LogP contribution in [0.25, 0.3) is 0 Å². The second-order valence-corrected chi connectivity index (χ2v) is 4.75. The van der Waals surface area contributed by atoms with Crippen molar-refractivity contribution >= 4 is 10.3 Å². The maximum Gasteiger partial charge on any atom is 0.566 e. The van der Waals surface area contributed by atoms with Crippen LogP contribution in [0.5, 0.6) is 0 Å². The van der Waals surface area contributed by atoms with Crippen LogP contribution in [0.1, 0.15) is 46.0 Å². The fraction of sp³-hybridized carbons (Fsp3) is 1.00. The average molecular weight is 239 g/mol. The third-order valence-electron chi connectivity index (χ3n) is 1.93. The topological polar surface area (TPSA) is 86.5 Å². The van der Waals surface area contributed by atoms with Crippen molar-refractivity contribution in [2.45, 2.75) is 52.1 Å². The highest BCUT2D eigenvalue weighted by atomic mass is 32.2. The zero-order chi connectivity index (χ0) is 11.9. The van der Waals surface area contributed by atoms with E-state index in [4.69, 9.17) is 0 Å². The molecule has 0 saturated heterocycles. The molecule has 0 fully saturated rings. The molecule has 0 spiro atoms. The molecule has 15 heavy (non-hydrogen) atoms. The molecule has 0 aliphatic carbocycles. The molecule has 0 aliphatic rings. The van der Waals surface area contributed by atoms with Crippen LogP contribution in [-0.2, 0) is 14.5 Å². The first-order chi connectivity index (χ1) is 6.90. The van der Waals surface area contributed by atoms with Gasteiger partial charge in [0.2, 0.25) is 0 Å². The van der Waals surface area contributed by atoms with Crippen LogP contribution in [0, 0.1) is 10.1 Å². The maximum absolute atomic E-state index is 10.7. The van der Waals surface area contributed by atoms with E-state index in [2.05, 4.69) is 11.1 Å². The van der Waals surface area contributed by atoms with E-state index in [9.17, 15) is 18.5 Å². The van der Waals surface area contributed by atoms with Gasteiger partial charge in [-0.15, -0.1) is 8.42 Å². The molecule has 0 radical (unpaired) electrons. The number of hydrogen-bond acceptors (Lipinski definition) is 5. The molecule has 0 saturated carbocycles. The zero-order valence-electron chi connectivity index (χ0n) is 9.01. The van der Waals surface area contributed by atoms with Crippen LogP contribution in [-0.4, -0.2) is 18.9 Å². The summed E-state index contributed by atoms with van der Waals surface area (Å²) in [4.78, 5) is 10.0. The summed E-state index contributed by atoms with van der Waals surface area (Å²) >= 11 is 0. The molecule has 0 aromatic carbocycles. The highest BCUT2D eigenvalue weighted by Crippen LogP contribution is 2.10. The molecule has 1 atom stereocenters. The van der Waals surface area contributed by atoms with Crippen molar-refractivity contribution in [1.82, 2.24) is 0 Å². The standard InChI is InChI=1S/C8H17NO5S/c1-3-4-5-6-7-8(2)14-15(12,13)9(10)11/h8H,3-7H2,1-2H3. The molecule has 0 aliphatic heterocycles. The van der Waals surface area contributed by atoms with Crippen LogP contribution in [0.3, 0.4) is 0 Å². The first kappa shape index (κ1) is 14.3. The largest absolute Gasteiger partial charge is 0.566 e. The van der Waals surface area contributed by atoms with E-state index in [-0.39, 0.29) is 0 Å². The predicted octanol–water partition coefficient (Wildman–Crippen LogP) is 1.88. The summed E-state index contributed by atoms with van der Waals surface area (Å²) in [6.45, 7) is 3.59. The third kappa shape index (κ3) is 6.40. The average Bonchev–Trinajstić information content (AvgIpc) is 2.11. The molecule has 0 amide bonds. The monoisotopic (exact) mass is 239 g/mol. The minimum Gasteiger partial charge on any atom is -0.245 e. The van der Waals surface area contributed by atoms with Crippen molar-refractivity contribution in [2.75, 3.05) is 0 Å². The minimum absolute atomic E-state index is 0.521. The number of nitrogens with zero attached hydrogens (tertiary/aromatic N) is 1. The van der Waals surface area contributed by atoms with Crippen LogP contribution in [0.2, 0.25) is 0 Å². The Hall–Kier alpha value is -0.690. The van der Waals surface area contributed by atoms with E-state index < -0.39 is 20.7 Å². The summed E-state index contributed by atoms with van der Waals surface area (Å²) in [6, 6.07) is 0. The van der Waals surface area contributed by atoms with Crippen molar-refractivity contribution in [3.63, 3.8) is 0 Å². The molecule has 0 rings (SSSR count). The predicted molar refractivity (Wildman–Crippen MR) is 55.2 cm³/mol. The lowest BCUT2D eigenvalue weighted by Gasteiger charge is -2.07. The number of rotatable bonds is 8. The van der Waals surface area contributed by atoms with Gasteiger partial charge in [-0.3, -0.25) is 0 Å². The summed E-state index contributed by atoms with van der Waals surface area (Å²) in [5.41, 5.74) is 0. The van der Waals surface area contributed by atoms with Crippen molar-refractivity contribution in [3.05, 3.63) is 10.1 Å². The second kappa shape index (κ2) is 6.73. The van der Waals surface area contributed by atoms with Crippen LogP contribution < -0.4 is 0 Å². The Morgan fingerprint density at radius 1 is 1.33 bits per heavy atom. The zero-order valence-corrected chi connectivity index (χ0v) is 9.83. The van der Waals surface area contributed by atoms with Gasteiger partial charge in [0.15, 0.2) is 4.33 Å². The van der Waals surface area contributed by atoms with Gasteiger partial charge in [0.1, 0.15) is 0 Å². The van der Waals surface area contributed by atoms with Crippen molar-refractivity contribution in [2.24, 2.45) is 0 Å². The Balaban J connectivity index is 3.84. The van der Waals surface area contributed by atoms with E-state index in [0.29, 0.717) is 6.42 Å². The third-order valence-corrected chi connectivity index (χ3v) is 2.87. The molecule has 1 unspecified atom stereocenters. The molecule has 0 bridgehead atoms. The lowest BCUT2D eigenvalue weighted by atomic mass is 10.1. The Morgan fingerprint density at radius 2 is 1.93 bits per heavy atom. The van der Waals surface area contributed by atoms with E-state index in [1.807, 2.05) is 0 Å². The second-order valence-electron chi connectivity index (χ2n) is 3.41. The van der Waals surface area contributed by atoms with Gasteiger partial charge < -0.3 is 0 Å². The van der Waals surface area contributed by atoms with Crippen LogP contribution >= 0.6 is 0 Å². The Bertz CT molecular complexity index is 287. The molecule has 0 heterocycles. The molecule has 0 N–H and O–H groups in total. The maximum atomic E-state index is 10.7. The molecule has 90 valence electrons. The Kier molecular flexibility index (Phi) is 6.42. The van der Waals surface area contributed by atoms with Gasteiger partial charge >= 0.3 is 10.3 Å².